The van der Waals surface area contributed by atoms with Crippen LogP contribution < -0.4 is 0 Å². The predicted molar refractivity (Wildman–Crippen MR) is 90.6 cm³/mol. The van der Waals surface area contributed by atoms with E-state index in [1.807, 2.05) is 17.9 Å². The highest BCUT2D eigenvalue weighted by Gasteiger charge is 2.19. The number of benzene rings is 1. The smallest absolute Gasteiger partial charge is 0.223 e. The number of aryl methyl sites for hydroxylation is 2. The van der Waals surface area contributed by atoms with Crippen LogP contribution in [-0.2, 0) is 11.2 Å². The fourth-order valence-electron chi connectivity index (χ4n) is 2.86. The van der Waals surface area contributed by atoms with Gasteiger partial charge in [-0.2, -0.15) is 0 Å². The molecular weight excluding hydrogens is 296 g/mol. The third-order valence-corrected chi connectivity index (χ3v) is 5.59. The molecule has 0 spiro atoms. The van der Waals surface area contributed by atoms with Crippen LogP contribution in [0, 0.1) is 6.92 Å². The summed E-state index contributed by atoms with van der Waals surface area (Å²) < 4.78 is 1.18. The summed E-state index contributed by atoms with van der Waals surface area (Å²) in [6.45, 7) is 5.55. The maximum Gasteiger partial charge on any atom is 0.223 e. The molecule has 5 heteroatoms. The monoisotopic (exact) mass is 318 g/mol. The summed E-state index contributed by atoms with van der Waals surface area (Å²) in [4.78, 5) is 17.7. The number of likely N-dealkylation sites (N-methyl/N-ethyl adjacent to an activating group) is 1. The average Bonchev–Trinajstić information content (AvgIpc) is 2.93. The topological polar surface area (TPSA) is 43.8 Å². The van der Waals surface area contributed by atoms with Crippen molar-refractivity contribution in [2.24, 2.45) is 0 Å². The molecule has 0 aliphatic carbocycles. The van der Waals surface area contributed by atoms with Gasteiger partial charge in [0.2, 0.25) is 5.91 Å². The number of phenols is 1. The van der Waals surface area contributed by atoms with Crippen LogP contribution in [0.1, 0.15) is 16.9 Å². The van der Waals surface area contributed by atoms with Crippen LogP contribution in [0.3, 0.4) is 0 Å². The van der Waals surface area contributed by atoms with Crippen molar-refractivity contribution in [3.05, 3.63) is 28.6 Å². The molecule has 0 bridgehead atoms. The van der Waals surface area contributed by atoms with E-state index in [1.165, 1.54) is 9.58 Å². The lowest BCUT2D eigenvalue weighted by Crippen LogP contribution is -2.47. The number of hydrogen-bond donors (Lipinski definition) is 1. The first-order valence-electron chi connectivity index (χ1n) is 7.72. The molecule has 0 atom stereocenters. The van der Waals surface area contributed by atoms with Gasteiger partial charge in [0.05, 0.1) is 0 Å². The fourth-order valence-corrected chi connectivity index (χ4v) is 3.98. The lowest BCUT2D eigenvalue weighted by molar-refractivity contribution is -0.132. The summed E-state index contributed by atoms with van der Waals surface area (Å²) in [5.74, 6) is 0.593. The number of hydrogen-bond acceptors (Lipinski definition) is 4. The first-order chi connectivity index (χ1) is 10.5. The molecule has 3 rings (SSSR count). The zero-order valence-corrected chi connectivity index (χ0v) is 13.9. The minimum atomic E-state index is 0.255. The van der Waals surface area contributed by atoms with E-state index >= 15 is 0 Å². The standard InChI is InChI=1S/C17H22N2O2S/c1-12-14-11-13(22-16(14)5-4-15(12)20)3-6-17(21)19-9-7-18(2)8-10-19/h4-5,11,20H,3,6-10H2,1-2H3. The second-order valence-electron chi connectivity index (χ2n) is 6.02. The maximum atomic E-state index is 12.3. The summed E-state index contributed by atoms with van der Waals surface area (Å²) in [6, 6.07) is 5.81. The van der Waals surface area contributed by atoms with Crippen molar-refractivity contribution >= 4 is 27.3 Å². The molecule has 0 radical (unpaired) electrons. The van der Waals surface area contributed by atoms with Crippen molar-refractivity contribution in [3.8, 4) is 5.75 Å². The third kappa shape index (κ3) is 3.10. The van der Waals surface area contributed by atoms with Gasteiger partial charge < -0.3 is 14.9 Å². The number of phenolic OH excluding ortho intramolecular Hbond substituents is 1. The summed E-state index contributed by atoms with van der Waals surface area (Å²) >= 11 is 1.72. The first-order valence-corrected chi connectivity index (χ1v) is 8.53. The highest BCUT2D eigenvalue weighted by Crippen LogP contribution is 2.33. The van der Waals surface area contributed by atoms with Crippen LogP contribution in [-0.4, -0.2) is 54.0 Å². The molecule has 2 aromatic rings. The number of rotatable bonds is 3. The number of carbonyl (C=O) groups excluding carboxylic acids is 1. The molecule has 1 saturated heterocycles. The van der Waals surface area contributed by atoms with Gasteiger partial charge in [0.15, 0.2) is 0 Å². The predicted octanol–water partition coefficient (Wildman–Crippen LogP) is 2.62. The number of amides is 1. The van der Waals surface area contributed by atoms with Crippen LogP contribution in [0.4, 0.5) is 0 Å². The van der Waals surface area contributed by atoms with Gasteiger partial charge in [-0.25, -0.2) is 0 Å². The summed E-state index contributed by atoms with van der Waals surface area (Å²) in [5.41, 5.74) is 0.922. The van der Waals surface area contributed by atoms with Gasteiger partial charge in [0.1, 0.15) is 5.75 Å². The molecule has 1 fully saturated rings. The van der Waals surface area contributed by atoms with E-state index in [2.05, 4.69) is 18.0 Å². The molecule has 118 valence electrons. The van der Waals surface area contributed by atoms with E-state index in [-0.39, 0.29) is 5.91 Å². The Bertz CT molecular complexity index is 687. The van der Waals surface area contributed by atoms with Crippen molar-refractivity contribution in [1.29, 1.82) is 0 Å². The highest BCUT2D eigenvalue weighted by molar-refractivity contribution is 7.19. The number of carbonyl (C=O) groups is 1. The number of thiophene rings is 1. The van der Waals surface area contributed by atoms with E-state index < -0.39 is 0 Å². The minimum Gasteiger partial charge on any atom is -0.508 e. The first kappa shape index (κ1) is 15.3. The fraction of sp³-hybridized carbons (Fsp3) is 0.471. The third-order valence-electron chi connectivity index (χ3n) is 4.43. The summed E-state index contributed by atoms with van der Waals surface area (Å²) in [6.07, 6.45) is 1.35. The van der Waals surface area contributed by atoms with Crippen LogP contribution in [0.15, 0.2) is 18.2 Å². The van der Waals surface area contributed by atoms with E-state index in [0.29, 0.717) is 12.2 Å². The number of aromatic hydroxyl groups is 1. The van der Waals surface area contributed by atoms with E-state index in [0.717, 1.165) is 43.5 Å². The lowest BCUT2D eigenvalue weighted by atomic mass is 10.1. The molecular formula is C17H22N2O2S. The van der Waals surface area contributed by atoms with Crippen molar-refractivity contribution in [2.75, 3.05) is 33.2 Å². The van der Waals surface area contributed by atoms with E-state index in [1.54, 1.807) is 17.4 Å². The molecule has 1 N–H and O–H groups in total. The van der Waals surface area contributed by atoms with Crippen molar-refractivity contribution < 1.29 is 9.90 Å². The second kappa shape index (κ2) is 6.26. The summed E-state index contributed by atoms with van der Waals surface area (Å²) in [5, 5.41) is 10.9. The Morgan fingerprint density at radius 1 is 1.27 bits per heavy atom. The van der Waals surface area contributed by atoms with Gasteiger partial charge in [-0.05, 0) is 49.5 Å². The Hall–Kier alpha value is -1.59. The Morgan fingerprint density at radius 2 is 2.00 bits per heavy atom. The zero-order chi connectivity index (χ0) is 15.7. The van der Waals surface area contributed by atoms with Crippen molar-refractivity contribution in [1.82, 2.24) is 9.80 Å². The molecule has 1 aliphatic heterocycles. The molecule has 0 unspecified atom stereocenters. The minimum absolute atomic E-state index is 0.255. The van der Waals surface area contributed by atoms with E-state index in [9.17, 15) is 9.90 Å². The summed E-state index contributed by atoms with van der Waals surface area (Å²) in [7, 11) is 2.09. The molecule has 1 amide bonds. The molecule has 2 heterocycles. The van der Waals surface area contributed by atoms with Crippen LogP contribution in [0.5, 0.6) is 5.75 Å². The SMILES string of the molecule is Cc1c(O)ccc2sc(CCC(=O)N3CCN(C)CC3)cc12. The Labute approximate surface area is 135 Å². The van der Waals surface area contributed by atoms with Crippen LogP contribution in [0.2, 0.25) is 0 Å². The van der Waals surface area contributed by atoms with Crippen LogP contribution in [0.25, 0.3) is 10.1 Å². The van der Waals surface area contributed by atoms with Crippen molar-refractivity contribution in [2.45, 2.75) is 19.8 Å². The molecule has 1 aliphatic rings. The average molecular weight is 318 g/mol. The molecule has 22 heavy (non-hydrogen) atoms. The van der Waals surface area contributed by atoms with Gasteiger partial charge >= 0.3 is 0 Å². The second-order valence-corrected chi connectivity index (χ2v) is 7.19. The Balaban J connectivity index is 1.64. The van der Waals surface area contributed by atoms with Gasteiger partial charge in [-0.3, -0.25) is 4.79 Å². The quantitative estimate of drug-likeness (QED) is 0.946. The number of fused-ring (bicyclic) bond motifs is 1. The largest absolute Gasteiger partial charge is 0.508 e. The number of piperazine rings is 1. The van der Waals surface area contributed by atoms with Gasteiger partial charge in [0.25, 0.3) is 0 Å². The maximum absolute atomic E-state index is 12.3. The Morgan fingerprint density at radius 3 is 2.73 bits per heavy atom. The molecule has 4 nitrogen and oxygen atoms in total. The van der Waals surface area contributed by atoms with Gasteiger partial charge in [-0.15, -0.1) is 11.3 Å². The van der Waals surface area contributed by atoms with Crippen LogP contribution >= 0.6 is 11.3 Å². The highest BCUT2D eigenvalue weighted by atomic mass is 32.1. The number of nitrogens with zero attached hydrogens (tertiary/aromatic N) is 2. The normalized spacial score (nSPS) is 16.4. The molecule has 1 aromatic carbocycles. The van der Waals surface area contributed by atoms with Crippen molar-refractivity contribution in [3.63, 3.8) is 0 Å². The molecule has 1 aromatic heterocycles. The van der Waals surface area contributed by atoms with E-state index in [4.69, 9.17) is 0 Å². The zero-order valence-electron chi connectivity index (χ0n) is 13.1. The lowest BCUT2D eigenvalue weighted by Gasteiger charge is -2.32. The van der Waals surface area contributed by atoms with Gasteiger partial charge in [-0.1, -0.05) is 0 Å². The molecule has 0 saturated carbocycles. The van der Waals surface area contributed by atoms with Gasteiger partial charge in [0, 0.05) is 42.2 Å². The Kier molecular flexibility index (Phi) is 4.36.